The molecule has 0 aromatic rings. The van der Waals surface area contributed by atoms with Gasteiger partial charge in [-0.3, -0.25) is 0 Å². The second-order valence-electron chi connectivity index (χ2n) is 1.37. The molecule has 9 heavy (non-hydrogen) atoms. The van der Waals surface area contributed by atoms with Gasteiger partial charge in [0, 0.05) is 12.7 Å². The SMILES string of the molecule is C=CN=C(N)/C=C/CN. The van der Waals surface area contributed by atoms with Gasteiger partial charge in [-0.1, -0.05) is 12.7 Å². The van der Waals surface area contributed by atoms with E-state index in [4.69, 9.17) is 11.5 Å². The van der Waals surface area contributed by atoms with Crippen molar-refractivity contribution < 1.29 is 0 Å². The number of rotatable bonds is 3. The first-order valence-electron chi connectivity index (χ1n) is 2.62. The molecule has 0 fully saturated rings. The van der Waals surface area contributed by atoms with E-state index in [2.05, 4.69) is 11.6 Å². The molecule has 0 unspecified atom stereocenters. The molecule has 0 heterocycles. The molecule has 0 aromatic carbocycles. The van der Waals surface area contributed by atoms with E-state index in [1.165, 1.54) is 6.20 Å². The Morgan fingerprint density at radius 2 is 2.33 bits per heavy atom. The normalized spacial score (nSPS) is 12.3. The van der Waals surface area contributed by atoms with Crippen LogP contribution in [0.15, 0.2) is 29.9 Å². The van der Waals surface area contributed by atoms with Gasteiger partial charge in [-0.25, -0.2) is 4.99 Å². The summed E-state index contributed by atoms with van der Waals surface area (Å²) < 4.78 is 0. The maximum absolute atomic E-state index is 5.31. The Labute approximate surface area is 54.8 Å². The minimum absolute atomic E-state index is 0.426. The van der Waals surface area contributed by atoms with E-state index in [0.29, 0.717) is 12.4 Å². The highest BCUT2D eigenvalue weighted by molar-refractivity contribution is 5.91. The summed E-state index contributed by atoms with van der Waals surface area (Å²) in [5.41, 5.74) is 10.5. The van der Waals surface area contributed by atoms with Gasteiger partial charge in [-0.15, -0.1) is 0 Å². The van der Waals surface area contributed by atoms with Gasteiger partial charge in [0.05, 0.1) is 0 Å². The number of nitrogens with two attached hydrogens (primary N) is 2. The van der Waals surface area contributed by atoms with Crippen molar-refractivity contribution in [2.45, 2.75) is 0 Å². The highest BCUT2D eigenvalue weighted by Crippen LogP contribution is 1.73. The summed E-state index contributed by atoms with van der Waals surface area (Å²) in [6.07, 6.45) is 4.75. The van der Waals surface area contributed by atoms with Crippen LogP contribution in [0.2, 0.25) is 0 Å². The third-order valence-electron chi connectivity index (χ3n) is 0.665. The first-order chi connectivity index (χ1) is 4.31. The van der Waals surface area contributed by atoms with Crippen molar-refractivity contribution in [3.8, 4) is 0 Å². The van der Waals surface area contributed by atoms with Crippen LogP contribution >= 0.6 is 0 Å². The fourth-order valence-corrected chi connectivity index (χ4v) is 0.337. The molecule has 0 aliphatic rings. The lowest BCUT2D eigenvalue weighted by atomic mass is 10.5. The zero-order valence-corrected chi connectivity index (χ0v) is 5.25. The topological polar surface area (TPSA) is 64.4 Å². The first kappa shape index (κ1) is 7.91. The third-order valence-corrected chi connectivity index (χ3v) is 0.665. The maximum Gasteiger partial charge on any atom is 0.122 e. The van der Waals surface area contributed by atoms with Crippen LogP contribution in [0.4, 0.5) is 0 Å². The summed E-state index contributed by atoms with van der Waals surface area (Å²) in [4.78, 5) is 3.68. The largest absolute Gasteiger partial charge is 0.384 e. The van der Waals surface area contributed by atoms with E-state index in [-0.39, 0.29) is 0 Å². The second-order valence-corrected chi connectivity index (χ2v) is 1.37. The van der Waals surface area contributed by atoms with Gasteiger partial charge < -0.3 is 11.5 Å². The molecule has 0 saturated heterocycles. The van der Waals surface area contributed by atoms with Gasteiger partial charge in [0.25, 0.3) is 0 Å². The van der Waals surface area contributed by atoms with E-state index >= 15 is 0 Å². The molecule has 0 spiro atoms. The molecular formula is C6H11N3. The first-order valence-corrected chi connectivity index (χ1v) is 2.62. The molecule has 3 heteroatoms. The van der Waals surface area contributed by atoms with Crippen molar-refractivity contribution in [2.75, 3.05) is 6.54 Å². The molecule has 0 rings (SSSR count). The lowest BCUT2D eigenvalue weighted by Gasteiger charge is -1.85. The predicted molar refractivity (Wildman–Crippen MR) is 40.0 cm³/mol. The summed E-state index contributed by atoms with van der Waals surface area (Å²) in [7, 11) is 0. The van der Waals surface area contributed by atoms with Gasteiger partial charge in [0.2, 0.25) is 0 Å². The fraction of sp³-hybridized carbons (Fsp3) is 0.167. The molecule has 50 valence electrons. The molecule has 0 bridgehead atoms. The van der Waals surface area contributed by atoms with Crippen LogP contribution in [0.25, 0.3) is 0 Å². The Hall–Kier alpha value is -1.09. The Kier molecular flexibility index (Phi) is 4.44. The highest BCUT2D eigenvalue weighted by atomic mass is 14.8. The molecule has 4 N–H and O–H groups in total. The summed E-state index contributed by atoms with van der Waals surface area (Å²) >= 11 is 0. The maximum atomic E-state index is 5.31. The molecule has 0 aliphatic heterocycles. The number of amidine groups is 1. The van der Waals surface area contributed by atoms with Crippen LogP contribution < -0.4 is 11.5 Å². The molecule has 0 amide bonds. The zero-order chi connectivity index (χ0) is 7.11. The predicted octanol–water partition coefficient (Wildman–Crippen LogP) is 0.00200. The lowest BCUT2D eigenvalue weighted by Crippen LogP contribution is -2.07. The molecule has 0 atom stereocenters. The van der Waals surface area contributed by atoms with Crippen LogP contribution in [-0.4, -0.2) is 12.4 Å². The number of aliphatic imine (C=N–C) groups is 1. The molecular weight excluding hydrogens is 114 g/mol. The van der Waals surface area contributed by atoms with Crippen molar-refractivity contribution in [3.05, 3.63) is 24.9 Å². The van der Waals surface area contributed by atoms with E-state index < -0.39 is 0 Å². The van der Waals surface area contributed by atoms with Crippen molar-refractivity contribution in [3.63, 3.8) is 0 Å². The van der Waals surface area contributed by atoms with Crippen LogP contribution in [0.1, 0.15) is 0 Å². The van der Waals surface area contributed by atoms with Crippen molar-refractivity contribution in [2.24, 2.45) is 16.5 Å². The van der Waals surface area contributed by atoms with Crippen LogP contribution in [0.3, 0.4) is 0 Å². The Bertz CT molecular complexity index is 135. The van der Waals surface area contributed by atoms with Gasteiger partial charge in [0.15, 0.2) is 0 Å². The Balaban J connectivity index is 3.74. The number of hydrogen-bond donors (Lipinski definition) is 2. The van der Waals surface area contributed by atoms with Crippen molar-refractivity contribution in [1.82, 2.24) is 0 Å². The quantitative estimate of drug-likeness (QED) is 0.412. The Morgan fingerprint density at radius 1 is 1.67 bits per heavy atom. The van der Waals surface area contributed by atoms with Gasteiger partial charge in [-0.05, 0) is 6.08 Å². The highest BCUT2D eigenvalue weighted by Gasteiger charge is 1.76. The minimum Gasteiger partial charge on any atom is -0.384 e. The summed E-state index contributed by atoms with van der Waals surface area (Å²) in [6.45, 7) is 3.86. The lowest BCUT2D eigenvalue weighted by molar-refractivity contribution is 1.25. The number of hydrogen-bond acceptors (Lipinski definition) is 2. The smallest absolute Gasteiger partial charge is 0.122 e. The second kappa shape index (κ2) is 5.05. The molecule has 0 radical (unpaired) electrons. The number of nitrogens with zero attached hydrogens (tertiary/aromatic N) is 1. The van der Waals surface area contributed by atoms with Crippen LogP contribution in [0, 0.1) is 0 Å². The van der Waals surface area contributed by atoms with Crippen molar-refractivity contribution >= 4 is 5.84 Å². The van der Waals surface area contributed by atoms with Crippen LogP contribution in [-0.2, 0) is 0 Å². The fourth-order valence-electron chi connectivity index (χ4n) is 0.337. The molecule has 0 saturated carbocycles. The summed E-state index contributed by atoms with van der Waals surface area (Å²) in [5, 5.41) is 0. The Morgan fingerprint density at radius 3 is 2.78 bits per heavy atom. The van der Waals surface area contributed by atoms with E-state index in [9.17, 15) is 0 Å². The van der Waals surface area contributed by atoms with Gasteiger partial charge >= 0.3 is 0 Å². The summed E-state index contributed by atoms with van der Waals surface area (Å²) in [5.74, 6) is 0.426. The molecule has 3 nitrogen and oxygen atoms in total. The molecule has 0 aliphatic carbocycles. The van der Waals surface area contributed by atoms with Gasteiger partial charge in [-0.2, -0.15) is 0 Å². The van der Waals surface area contributed by atoms with E-state index in [1.54, 1.807) is 12.2 Å². The average molecular weight is 125 g/mol. The van der Waals surface area contributed by atoms with Gasteiger partial charge in [0.1, 0.15) is 5.84 Å². The average Bonchev–Trinajstić information content (AvgIpc) is 1.85. The van der Waals surface area contributed by atoms with Crippen molar-refractivity contribution in [1.29, 1.82) is 0 Å². The van der Waals surface area contributed by atoms with Crippen LogP contribution in [0.5, 0.6) is 0 Å². The standard InChI is InChI=1S/C6H11N3/c1-2-9-6(8)4-3-5-7/h2-4H,1,5,7H2,(H2,8,9)/b4-3+. The minimum atomic E-state index is 0.426. The van der Waals surface area contributed by atoms with E-state index in [1.807, 2.05) is 0 Å². The molecule has 0 aromatic heterocycles. The zero-order valence-electron chi connectivity index (χ0n) is 5.25. The summed E-state index contributed by atoms with van der Waals surface area (Å²) in [6, 6.07) is 0. The van der Waals surface area contributed by atoms with E-state index in [0.717, 1.165) is 0 Å². The third kappa shape index (κ3) is 4.77. The monoisotopic (exact) mass is 125 g/mol.